The molecule has 0 heterocycles. The van der Waals surface area contributed by atoms with Crippen LogP contribution >= 0.6 is 12.2 Å². The molecule has 1 aromatic rings. The normalized spacial score (nSPS) is 9.67. The number of rotatable bonds is 6. The van der Waals surface area contributed by atoms with Gasteiger partial charge >= 0.3 is 0 Å². The smallest absolute Gasteiger partial charge is 0.123 e. The third kappa shape index (κ3) is 4.65. The molecule has 1 rings (SSSR count). The number of benzene rings is 1. The van der Waals surface area contributed by atoms with E-state index in [4.69, 9.17) is 27.4 Å². The Morgan fingerprint density at radius 3 is 2.60 bits per heavy atom. The highest BCUT2D eigenvalue weighted by atomic mass is 32.1. The zero-order valence-electron chi connectivity index (χ0n) is 8.73. The van der Waals surface area contributed by atoms with E-state index in [1.54, 1.807) is 0 Å². The predicted molar refractivity (Wildman–Crippen MR) is 64.5 cm³/mol. The second kappa shape index (κ2) is 6.24. The van der Waals surface area contributed by atoms with Crippen LogP contribution in [-0.2, 0) is 0 Å². The molecule has 1 aromatic carbocycles. The molecule has 0 bridgehead atoms. The molecule has 0 aliphatic heterocycles. The average molecular weight is 225 g/mol. The van der Waals surface area contributed by atoms with Crippen molar-refractivity contribution in [3.8, 4) is 11.5 Å². The van der Waals surface area contributed by atoms with E-state index in [2.05, 4.69) is 0 Å². The fourth-order valence-corrected chi connectivity index (χ4v) is 1.17. The minimum atomic E-state index is 0.468. The maximum absolute atomic E-state index is 5.46. The van der Waals surface area contributed by atoms with Crippen molar-refractivity contribution in [2.24, 2.45) is 5.73 Å². The van der Waals surface area contributed by atoms with Gasteiger partial charge in [0.25, 0.3) is 0 Å². The average Bonchev–Trinajstić information content (AvgIpc) is 2.18. The summed E-state index contributed by atoms with van der Waals surface area (Å²) in [6.07, 6.45) is 0.591. The minimum Gasteiger partial charge on any atom is -0.494 e. The van der Waals surface area contributed by atoms with Crippen LogP contribution in [0.1, 0.15) is 13.3 Å². The molecule has 0 amide bonds. The Balaban J connectivity index is 2.46. The van der Waals surface area contributed by atoms with Crippen LogP contribution in [0.3, 0.4) is 0 Å². The van der Waals surface area contributed by atoms with Crippen LogP contribution in [0.2, 0.25) is 0 Å². The maximum Gasteiger partial charge on any atom is 0.123 e. The molecule has 3 nitrogen and oxygen atoms in total. The topological polar surface area (TPSA) is 44.5 Å². The number of ether oxygens (including phenoxy) is 2. The Hall–Kier alpha value is -1.29. The van der Waals surface area contributed by atoms with Gasteiger partial charge in [0.2, 0.25) is 0 Å². The van der Waals surface area contributed by atoms with Crippen molar-refractivity contribution >= 4 is 17.2 Å². The van der Waals surface area contributed by atoms with Crippen LogP contribution in [-0.4, -0.2) is 18.2 Å². The highest BCUT2D eigenvalue weighted by Gasteiger charge is 1.97. The highest BCUT2D eigenvalue weighted by Crippen LogP contribution is 2.19. The van der Waals surface area contributed by atoms with Gasteiger partial charge in [-0.2, -0.15) is 0 Å². The summed E-state index contributed by atoms with van der Waals surface area (Å²) in [6.45, 7) is 3.10. The van der Waals surface area contributed by atoms with Gasteiger partial charge in [-0.05, 0) is 19.1 Å². The van der Waals surface area contributed by atoms with E-state index in [0.717, 1.165) is 11.5 Å². The lowest BCUT2D eigenvalue weighted by atomic mass is 10.3. The van der Waals surface area contributed by atoms with Crippen molar-refractivity contribution in [3.63, 3.8) is 0 Å². The molecule has 0 radical (unpaired) electrons. The molecule has 0 aromatic heterocycles. The van der Waals surface area contributed by atoms with E-state index < -0.39 is 0 Å². The van der Waals surface area contributed by atoms with Gasteiger partial charge in [0, 0.05) is 12.5 Å². The van der Waals surface area contributed by atoms with Gasteiger partial charge in [-0.25, -0.2) is 0 Å². The first-order chi connectivity index (χ1) is 7.22. The first-order valence-electron chi connectivity index (χ1n) is 4.86. The molecule has 0 atom stereocenters. The van der Waals surface area contributed by atoms with Gasteiger partial charge in [-0.15, -0.1) is 0 Å². The van der Waals surface area contributed by atoms with E-state index >= 15 is 0 Å². The monoisotopic (exact) mass is 225 g/mol. The largest absolute Gasteiger partial charge is 0.494 e. The fraction of sp³-hybridized carbons (Fsp3) is 0.364. The quantitative estimate of drug-likeness (QED) is 0.753. The first-order valence-corrected chi connectivity index (χ1v) is 5.27. The second-order valence-corrected chi connectivity index (χ2v) is 3.50. The Labute approximate surface area is 95.2 Å². The summed E-state index contributed by atoms with van der Waals surface area (Å²) in [7, 11) is 0. The fourth-order valence-electron chi connectivity index (χ4n) is 1.09. The highest BCUT2D eigenvalue weighted by molar-refractivity contribution is 7.80. The standard InChI is InChI=1S/C11H15NO2S/c1-2-13-9-4-3-5-10(8-9)14-7-6-11(12)15/h3-5,8H,2,6-7H2,1H3,(H2,12,15). The van der Waals surface area contributed by atoms with Crippen LogP contribution in [0.4, 0.5) is 0 Å². The van der Waals surface area contributed by atoms with Gasteiger partial charge in [0.1, 0.15) is 11.5 Å². The van der Waals surface area contributed by atoms with E-state index in [1.165, 1.54) is 0 Å². The zero-order valence-corrected chi connectivity index (χ0v) is 9.55. The van der Waals surface area contributed by atoms with Crippen molar-refractivity contribution in [3.05, 3.63) is 24.3 Å². The lowest BCUT2D eigenvalue weighted by Gasteiger charge is -2.07. The van der Waals surface area contributed by atoms with Gasteiger partial charge in [-0.1, -0.05) is 18.3 Å². The van der Waals surface area contributed by atoms with Gasteiger partial charge in [-0.3, -0.25) is 0 Å². The Morgan fingerprint density at radius 1 is 1.33 bits per heavy atom. The summed E-state index contributed by atoms with van der Waals surface area (Å²) < 4.78 is 10.8. The first kappa shape index (κ1) is 11.8. The van der Waals surface area contributed by atoms with E-state index in [1.807, 2.05) is 31.2 Å². The Kier molecular flexibility index (Phi) is 4.90. The number of thiocarbonyl (C=S) groups is 1. The van der Waals surface area contributed by atoms with Crippen LogP contribution < -0.4 is 15.2 Å². The summed E-state index contributed by atoms with van der Waals surface area (Å²) in [6, 6.07) is 7.51. The zero-order chi connectivity index (χ0) is 11.1. The van der Waals surface area contributed by atoms with E-state index in [-0.39, 0.29) is 0 Å². The molecule has 4 heteroatoms. The molecule has 15 heavy (non-hydrogen) atoms. The summed E-state index contributed by atoms with van der Waals surface area (Å²) in [5.74, 6) is 1.59. The SMILES string of the molecule is CCOc1cccc(OCCC(N)=S)c1. The Morgan fingerprint density at radius 2 is 2.00 bits per heavy atom. The molecular formula is C11H15NO2S. The van der Waals surface area contributed by atoms with Gasteiger partial charge in [0.05, 0.1) is 18.2 Å². The Bertz CT molecular complexity index is 328. The van der Waals surface area contributed by atoms with Crippen LogP contribution in [0.15, 0.2) is 24.3 Å². The van der Waals surface area contributed by atoms with Crippen LogP contribution in [0, 0.1) is 0 Å². The lowest BCUT2D eigenvalue weighted by molar-refractivity contribution is 0.317. The van der Waals surface area contributed by atoms with Crippen molar-refractivity contribution < 1.29 is 9.47 Å². The third-order valence-corrected chi connectivity index (χ3v) is 1.94. The van der Waals surface area contributed by atoms with Gasteiger partial charge in [0.15, 0.2) is 0 Å². The summed E-state index contributed by atoms with van der Waals surface area (Å²) in [5.41, 5.74) is 5.36. The van der Waals surface area contributed by atoms with E-state index in [9.17, 15) is 0 Å². The van der Waals surface area contributed by atoms with Crippen molar-refractivity contribution in [1.29, 1.82) is 0 Å². The maximum atomic E-state index is 5.46. The third-order valence-electron chi connectivity index (χ3n) is 1.73. The summed E-state index contributed by atoms with van der Waals surface area (Å²) >= 11 is 4.75. The molecular weight excluding hydrogens is 210 g/mol. The van der Waals surface area contributed by atoms with Crippen LogP contribution in [0.25, 0.3) is 0 Å². The van der Waals surface area contributed by atoms with Crippen molar-refractivity contribution in [1.82, 2.24) is 0 Å². The molecule has 0 saturated carbocycles. The molecule has 0 saturated heterocycles. The second-order valence-electron chi connectivity index (χ2n) is 2.97. The van der Waals surface area contributed by atoms with Crippen molar-refractivity contribution in [2.45, 2.75) is 13.3 Å². The van der Waals surface area contributed by atoms with Gasteiger partial charge < -0.3 is 15.2 Å². The number of hydrogen-bond donors (Lipinski definition) is 1. The van der Waals surface area contributed by atoms with Crippen molar-refractivity contribution in [2.75, 3.05) is 13.2 Å². The molecule has 0 fully saturated rings. The molecule has 0 aliphatic carbocycles. The summed E-state index contributed by atoms with van der Waals surface area (Å²) in [4.78, 5) is 0.468. The van der Waals surface area contributed by atoms with E-state index in [0.29, 0.717) is 24.6 Å². The lowest BCUT2D eigenvalue weighted by Crippen LogP contribution is -2.12. The molecule has 0 aliphatic rings. The minimum absolute atomic E-state index is 0.468. The molecule has 2 N–H and O–H groups in total. The molecule has 0 unspecified atom stereocenters. The number of hydrogen-bond acceptors (Lipinski definition) is 3. The number of nitrogens with two attached hydrogens (primary N) is 1. The summed E-state index contributed by atoms with van der Waals surface area (Å²) in [5, 5.41) is 0. The molecule has 0 spiro atoms. The van der Waals surface area contributed by atoms with Crippen LogP contribution in [0.5, 0.6) is 11.5 Å². The molecule has 82 valence electrons. The predicted octanol–water partition coefficient (Wildman–Crippen LogP) is 2.14.